The van der Waals surface area contributed by atoms with Crippen molar-refractivity contribution in [3.05, 3.63) is 42.7 Å². The lowest BCUT2D eigenvalue weighted by Crippen LogP contribution is -2.29. The van der Waals surface area contributed by atoms with Gasteiger partial charge in [0.2, 0.25) is 5.91 Å². The van der Waals surface area contributed by atoms with E-state index in [0.717, 1.165) is 12.2 Å². The summed E-state index contributed by atoms with van der Waals surface area (Å²) in [4.78, 5) is 11.6. The van der Waals surface area contributed by atoms with Gasteiger partial charge in [0.1, 0.15) is 12.3 Å². The van der Waals surface area contributed by atoms with Gasteiger partial charge in [-0.1, -0.05) is 18.2 Å². The molecule has 106 valence electrons. The first kappa shape index (κ1) is 13.9. The van der Waals surface area contributed by atoms with Gasteiger partial charge >= 0.3 is 0 Å². The van der Waals surface area contributed by atoms with Gasteiger partial charge in [0, 0.05) is 12.7 Å². The van der Waals surface area contributed by atoms with Gasteiger partial charge in [-0.25, -0.2) is 0 Å². The molecule has 6 heteroatoms. The minimum Gasteiger partial charge on any atom is -0.494 e. The second-order valence-corrected chi connectivity index (χ2v) is 4.34. The van der Waals surface area contributed by atoms with Crippen molar-refractivity contribution in [3.63, 3.8) is 0 Å². The van der Waals surface area contributed by atoms with Gasteiger partial charge in [0.25, 0.3) is 0 Å². The average Bonchev–Trinajstić information content (AvgIpc) is 2.85. The number of amides is 1. The van der Waals surface area contributed by atoms with Gasteiger partial charge < -0.3 is 15.8 Å². The molecule has 0 atom stereocenters. The maximum Gasteiger partial charge on any atom is 0.241 e. The van der Waals surface area contributed by atoms with Crippen LogP contribution in [0.4, 0.5) is 5.69 Å². The fourth-order valence-corrected chi connectivity index (χ4v) is 1.68. The van der Waals surface area contributed by atoms with Crippen LogP contribution in [-0.4, -0.2) is 28.8 Å². The second kappa shape index (κ2) is 7.18. The van der Waals surface area contributed by atoms with Crippen molar-refractivity contribution in [1.82, 2.24) is 15.1 Å². The SMILES string of the molecule is Nc1cnn(CC(=O)NCCCOc2ccccc2)c1. The molecule has 0 aliphatic heterocycles. The maximum atomic E-state index is 11.6. The van der Waals surface area contributed by atoms with Crippen LogP contribution in [-0.2, 0) is 11.3 Å². The topological polar surface area (TPSA) is 82.2 Å². The number of benzene rings is 1. The van der Waals surface area contributed by atoms with Gasteiger partial charge in [-0.2, -0.15) is 5.10 Å². The molecule has 0 saturated carbocycles. The summed E-state index contributed by atoms with van der Waals surface area (Å²) < 4.78 is 7.03. The number of hydrogen-bond donors (Lipinski definition) is 2. The normalized spacial score (nSPS) is 10.2. The molecule has 1 heterocycles. The standard InChI is InChI=1S/C14H18N4O2/c15-12-9-17-18(10-12)11-14(19)16-7-4-8-20-13-5-2-1-3-6-13/h1-3,5-6,9-10H,4,7-8,11,15H2,(H,16,19). The third-order valence-electron chi connectivity index (χ3n) is 2.61. The molecule has 0 aliphatic rings. The van der Waals surface area contributed by atoms with Gasteiger partial charge in [-0.05, 0) is 18.6 Å². The molecule has 0 spiro atoms. The van der Waals surface area contributed by atoms with E-state index in [1.165, 1.54) is 10.9 Å². The lowest BCUT2D eigenvalue weighted by molar-refractivity contribution is -0.121. The van der Waals surface area contributed by atoms with Crippen molar-refractivity contribution >= 4 is 11.6 Å². The molecule has 0 unspecified atom stereocenters. The number of para-hydroxylation sites is 1. The number of aromatic nitrogens is 2. The minimum atomic E-state index is -0.0900. The van der Waals surface area contributed by atoms with Crippen molar-refractivity contribution in [2.75, 3.05) is 18.9 Å². The van der Waals surface area contributed by atoms with Crippen LogP contribution in [0.2, 0.25) is 0 Å². The number of rotatable bonds is 7. The van der Waals surface area contributed by atoms with Crippen LogP contribution in [0.3, 0.4) is 0 Å². The Hall–Kier alpha value is -2.50. The Morgan fingerprint density at radius 2 is 2.15 bits per heavy atom. The van der Waals surface area contributed by atoms with Crippen LogP contribution in [0, 0.1) is 0 Å². The van der Waals surface area contributed by atoms with Crippen LogP contribution in [0.15, 0.2) is 42.7 Å². The van der Waals surface area contributed by atoms with E-state index in [1.54, 1.807) is 6.20 Å². The summed E-state index contributed by atoms with van der Waals surface area (Å²) >= 11 is 0. The monoisotopic (exact) mass is 274 g/mol. The van der Waals surface area contributed by atoms with Crippen LogP contribution in [0.5, 0.6) is 5.75 Å². The number of anilines is 1. The quantitative estimate of drug-likeness (QED) is 0.739. The van der Waals surface area contributed by atoms with E-state index < -0.39 is 0 Å². The van der Waals surface area contributed by atoms with Crippen LogP contribution < -0.4 is 15.8 Å². The van der Waals surface area contributed by atoms with E-state index >= 15 is 0 Å². The zero-order chi connectivity index (χ0) is 14.2. The molecule has 1 aromatic carbocycles. The molecule has 3 N–H and O–H groups in total. The second-order valence-electron chi connectivity index (χ2n) is 4.34. The lowest BCUT2D eigenvalue weighted by Gasteiger charge is -2.07. The fourth-order valence-electron chi connectivity index (χ4n) is 1.68. The van der Waals surface area contributed by atoms with Crippen LogP contribution >= 0.6 is 0 Å². The van der Waals surface area contributed by atoms with Crippen molar-refractivity contribution in [2.45, 2.75) is 13.0 Å². The number of hydrogen-bond acceptors (Lipinski definition) is 4. The van der Waals surface area contributed by atoms with Gasteiger partial charge in [0.05, 0.1) is 18.5 Å². The van der Waals surface area contributed by atoms with Crippen molar-refractivity contribution in [1.29, 1.82) is 0 Å². The van der Waals surface area contributed by atoms with Crippen LogP contribution in [0.25, 0.3) is 0 Å². The molecule has 6 nitrogen and oxygen atoms in total. The predicted octanol–water partition coefficient (Wildman–Crippen LogP) is 1.05. The zero-order valence-electron chi connectivity index (χ0n) is 11.2. The number of nitrogens with zero attached hydrogens (tertiary/aromatic N) is 2. The Morgan fingerprint density at radius 3 is 2.85 bits per heavy atom. The summed E-state index contributed by atoms with van der Waals surface area (Å²) in [6.45, 7) is 1.32. The Morgan fingerprint density at radius 1 is 1.35 bits per heavy atom. The number of carbonyl (C=O) groups excluding carboxylic acids is 1. The highest BCUT2D eigenvalue weighted by atomic mass is 16.5. The molecule has 20 heavy (non-hydrogen) atoms. The van der Waals surface area contributed by atoms with Crippen LogP contribution in [0.1, 0.15) is 6.42 Å². The molecule has 0 saturated heterocycles. The number of nitrogens with one attached hydrogen (secondary N) is 1. The van der Waals surface area contributed by atoms with E-state index in [1.807, 2.05) is 30.3 Å². The third kappa shape index (κ3) is 4.64. The highest BCUT2D eigenvalue weighted by molar-refractivity contribution is 5.75. The summed E-state index contributed by atoms with van der Waals surface area (Å²) in [6.07, 6.45) is 3.89. The van der Waals surface area contributed by atoms with Crippen molar-refractivity contribution < 1.29 is 9.53 Å². The average molecular weight is 274 g/mol. The fraction of sp³-hybridized carbons (Fsp3) is 0.286. The van der Waals surface area contributed by atoms with E-state index in [-0.39, 0.29) is 12.5 Å². The Labute approximate surface area is 117 Å². The maximum absolute atomic E-state index is 11.6. The first-order valence-corrected chi connectivity index (χ1v) is 6.46. The van der Waals surface area contributed by atoms with Gasteiger partial charge in [0.15, 0.2) is 0 Å². The van der Waals surface area contributed by atoms with E-state index in [2.05, 4.69) is 10.4 Å². The van der Waals surface area contributed by atoms with Crippen molar-refractivity contribution in [3.8, 4) is 5.75 Å². The van der Waals surface area contributed by atoms with E-state index in [0.29, 0.717) is 18.8 Å². The minimum absolute atomic E-state index is 0.0900. The first-order valence-electron chi connectivity index (χ1n) is 6.46. The summed E-state index contributed by atoms with van der Waals surface area (Å²) in [7, 11) is 0. The first-order chi connectivity index (χ1) is 9.74. The number of ether oxygens (including phenoxy) is 1. The highest BCUT2D eigenvalue weighted by Crippen LogP contribution is 2.07. The third-order valence-corrected chi connectivity index (χ3v) is 2.61. The highest BCUT2D eigenvalue weighted by Gasteiger charge is 2.03. The summed E-state index contributed by atoms with van der Waals surface area (Å²) in [5.41, 5.74) is 6.07. The lowest BCUT2D eigenvalue weighted by atomic mass is 10.3. The molecular formula is C14H18N4O2. The summed E-state index contributed by atoms with van der Waals surface area (Å²) in [5, 5.41) is 6.75. The number of carbonyl (C=O) groups is 1. The largest absolute Gasteiger partial charge is 0.494 e. The van der Waals surface area contributed by atoms with E-state index in [9.17, 15) is 4.79 Å². The molecule has 0 aliphatic carbocycles. The number of nitrogens with two attached hydrogens (primary N) is 1. The molecule has 2 aromatic rings. The molecule has 0 radical (unpaired) electrons. The smallest absolute Gasteiger partial charge is 0.241 e. The molecule has 2 rings (SSSR count). The molecule has 1 aromatic heterocycles. The summed E-state index contributed by atoms with van der Waals surface area (Å²) in [5.74, 6) is 0.749. The van der Waals surface area contributed by atoms with Crippen molar-refractivity contribution in [2.24, 2.45) is 0 Å². The molecular weight excluding hydrogens is 256 g/mol. The molecule has 1 amide bonds. The molecule has 0 bridgehead atoms. The summed E-state index contributed by atoms with van der Waals surface area (Å²) in [6, 6.07) is 9.59. The molecule has 0 fully saturated rings. The van der Waals surface area contributed by atoms with E-state index in [4.69, 9.17) is 10.5 Å². The number of nitrogen functional groups attached to an aromatic ring is 1. The Balaban J connectivity index is 1.58. The Kier molecular flexibility index (Phi) is 5.00. The predicted molar refractivity (Wildman–Crippen MR) is 76.2 cm³/mol. The van der Waals surface area contributed by atoms with Gasteiger partial charge in [-0.15, -0.1) is 0 Å². The Bertz CT molecular complexity index is 539. The van der Waals surface area contributed by atoms with Gasteiger partial charge in [-0.3, -0.25) is 9.48 Å². The zero-order valence-corrected chi connectivity index (χ0v) is 11.2.